The quantitative estimate of drug-likeness (QED) is 0.733. The third kappa shape index (κ3) is 1.71. The Morgan fingerprint density at radius 1 is 1.47 bits per heavy atom. The van der Waals surface area contributed by atoms with E-state index in [1.807, 2.05) is 0 Å². The van der Waals surface area contributed by atoms with Crippen molar-refractivity contribution in [1.29, 1.82) is 0 Å². The molecule has 7 heteroatoms. The second kappa shape index (κ2) is 3.85. The van der Waals surface area contributed by atoms with E-state index in [2.05, 4.69) is 4.98 Å². The number of carboxylic acids is 1. The molecular weight excluding hydrogens is 226 g/mol. The second-order valence-electron chi connectivity index (χ2n) is 3.50. The van der Waals surface area contributed by atoms with E-state index in [1.54, 1.807) is 6.07 Å². The molecule has 0 aromatic carbocycles. The molecule has 0 amide bonds. The van der Waals surface area contributed by atoms with Crippen LogP contribution in [0.4, 0.5) is 0 Å². The van der Waals surface area contributed by atoms with Gasteiger partial charge in [-0.05, 0) is 12.1 Å². The minimum atomic E-state index is -1.17. The van der Waals surface area contributed by atoms with Gasteiger partial charge in [0.15, 0.2) is 0 Å². The molecule has 0 spiro atoms. The van der Waals surface area contributed by atoms with E-state index in [0.29, 0.717) is 0 Å². The van der Waals surface area contributed by atoms with Gasteiger partial charge in [0.25, 0.3) is 5.56 Å². The van der Waals surface area contributed by atoms with Gasteiger partial charge >= 0.3 is 11.7 Å². The number of pyridine rings is 1. The minimum absolute atomic E-state index is 0.0861. The lowest BCUT2D eigenvalue weighted by Crippen LogP contribution is -2.39. The monoisotopic (exact) mass is 235 g/mol. The van der Waals surface area contributed by atoms with Crippen molar-refractivity contribution in [2.24, 2.45) is 7.05 Å². The van der Waals surface area contributed by atoms with Gasteiger partial charge in [-0.15, -0.1) is 0 Å². The van der Waals surface area contributed by atoms with Crippen molar-refractivity contribution >= 4 is 17.0 Å². The Morgan fingerprint density at radius 3 is 2.82 bits per heavy atom. The summed E-state index contributed by atoms with van der Waals surface area (Å²) in [5, 5.41) is 8.95. The summed E-state index contributed by atoms with van der Waals surface area (Å²) < 4.78 is 1.83. The summed E-state index contributed by atoms with van der Waals surface area (Å²) in [5.41, 5.74) is -1.09. The maximum Gasteiger partial charge on any atom is 0.332 e. The van der Waals surface area contributed by atoms with Gasteiger partial charge in [0, 0.05) is 13.2 Å². The average molecular weight is 235 g/mol. The number of hydrogen-bond acceptors (Lipinski definition) is 4. The van der Waals surface area contributed by atoms with Gasteiger partial charge in [0.05, 0.1) is 5.39 Å². The highest BCUT2D eigenvalue weighted by Crippen LogP contribution is 2.02. The van der Waals surface area contributed by atoms with Crippen LogP contribution < -0.4 is 11.2 Å². The molecule has 0 unspecified atom stereocenters. The van der Waals surface area contributed by atoms with Crippen LogP contribution in [0.15, 0.2) is 27.9 Å². The van der Waals surface area contributed by atoms with Gasteiger partial charge in [0.1, 0.15) is 12.2 Å². The Hall–Kier alpha value is -2.44. The van der Waals surface area contributed by atoms with Crippen molar-refractivity contribution in [3.05, 3.63) is 39.2 Å². The van der Waals surface area contributed by atoms with Crippen LogP contribution in [0.5, 0.6) is 0 Å². The highest BCUT2D eigenvalue weighted by molar-refractivity contribution is 5.75. The van der Waals surface area contributed by atoms with Crippen molar-refractivity contribution < 1.29 is 9.90 Å². The summed E-state index contributed by atoms with van der Waals surface area (Å²) in [6, 6.07) is 3.06. The molecule has 1 N–H and O–H groups in total. The van der Waals surface area contributed by atoms with E-state index in [-0.39, 0.29) is 11.0 Å². The molecule has 88 valence electrons. The third-order valence-corrected chi connectivity index (χ3v) is 2.39. The molecule has 0 fully saturated rings. The van der Waals surface area contributed by atoms with Crippen molar-refractivity contribution in [2.45, 2.75) is 6.54 Å². The Morgan fingerprint density at radius 2 is 2.18 bits per heavy atom. The Labute approximate surface area is 94.6 Å². The molecule has 0 aliphatic heterocycles. The fourth-order valence-electron chi connectivity index (χ4n) is 1.60. The van der Waals surface area contributed by atoms with Crippen molar-refractivity contribution in [2.75, 3.05) is 0 Å². The number of aromatic nitrogens is 3. The zero-order chi connectivity index (χ0) is 12.6. The van der Waals surface area contributed by atoms with Crippen LogP contribution in [-0.2, 0) is 18.4 Å². The fraction of sp³-hybridized carbons (Fsp3) is 0.200. The summed E-state index contributed by atoms with van der Waals surface area (Å²) >= 11 is 0. The predicted molar refractivity (Wildman–Crippen MR) is 58.9 cm³/mol. The van der Waals surface area contributed by atoms with Gasteiger partial charge in [-0.1, -0.05) is 0 Å². The summed E-state index contributed by atoms with van der Waals surface area (Å²) in [4.78, 5) is 38.1. The maximum atomic E-state index is 11.8. The molecule has 7 nitrogen and oxygen atoms in total. The Bertz CT molecular complexity index is 714. The first-order chi connectivity index (χ1) is 8.02. The zero-order valence-electron chi connectivity index (χ0n) is 8.95. The molecule has 2 aromatic heterocycles. The fourth-order valence-corrected chi connectivity index (χ4v) is 1.60. The smallest absolute Gasteiger partial charge is 0.332 e. The van der Waals surface area contributed by atoms with Crippen LogP contribution in [0.25, 0.3) is 11.0 Å². The predicted octanol–water partition coefficient (Wildman–Crippen LogP) is -0.820. The van der Waals surface area contributed by atoms with E-state index in [4.69, 9.17) is 5.11 Å². The van der Waals surface area contributed by atoms with Crippen LogP contribution in [0.3, 0.4) is 0 Å². The van der Waals surface area contributed by atoms with E-state index in [1.165, 1.54) is 19.3 Å². The number of fused-ring (bicyclic) bond motifs is 1. The van der Waals surface area contributed by atoms with Gasteiger partial charge < -0.3 is 5.11 Å². The molecule has 0 bridgehead atoms. The summed E-state index contributed by atoms with van der Waals surface area (Å²) in [6.07, 6.45) is 1.40. The largest absolute Gasteiger partial charge is 0.480 e. The number of hydrogen-bond donors (Lipinski definition) is 1. The van der Waals surface area contributed by atoms with Crippen LogP contribution >= 0.6 is 0 Å². The zero-order valence-corrected chi connectivity index (χ0v) is 8.95. The molecule has 2 heterocycles. The molecule has 0 saturated heterocycles. The van der Waals surface area contributed by atoms with Crippen molar-refractivity contribution in [3.8, 4) is 0 Å². The number of rotatable bonds is 2. The standard InChI is InChI=1S/C10H9N3O4/c1-12-9(16)6-3-2-4-11-8(6)13(10(12)17)5-7(14)15/h2-4H,5H2,1H3,(H,14,15). The van der Waals surface area contributed by atoms with Gasteiger partial charge in [-0.25, -0.2) is 9.78 Å². The maximum absolute atomic E-state index is 11.8. The van der Waals surface area contributed by atoms with Crippen LogP contribution in [0.2, 0.25) is 0 Å². The SMILES string of the molecule is Cn1c(=O)c2cccnc2n(CC(=O)O)c1=O. The van der Waals surface area contributed by atoms with Crippen LogP contribution in [-0.4, -0.2) is 25.2 Å². The average Bonchev–Trinajstić information content (AvgIpc) is 2.31. The van der Waals surface area contributed by atoms with E-state index in [0.717, 1.165) is 9.13 Å². The number of aliphatic carboxylic acids is 1. The van der Waals surface area contributed by atoms with Crippen LogP contribution in [0.1, 0.15) is 0 Å². The lowest BCUT2D eigenvalue weighted by Gasteiger charge is -2.08. The van der Waals surface area contributed by atoms with E-state index >= 15 is 0 Å². The van der Waals surface area contributed by atoms with Crippen LogP contribution in [0, 0.1) is 0 Å². The Balaban J connectivity index is 2.95. The van der Waals surface area contributed by atoms with Crippen molar-refractivity contribution in [3.63, 3.8) is 0 Å². The summed E-state index contributed by atoms with van der Waals surface area (Å²) in [7, 11) is 1.30. The Kier molecular flexibility index (Phi) is 2.51. The first-order valence-electron chi connectivity index (χ1n) is 4.78. The molecule has 2 aromatic rings. The summed E-state index contributed by atoms with van der Waals surface area (Å²) in [6.45, 7) is -0.527. The number of carbonyl (C=O) groups is 1. The second-order valence-corrected chi connectivity index (χ2v) is 3.50. The number of carboxylic acid groups (broad SMARTS) is 1. The summed E-state index contributed by atoms with van der Waals surface area (Å²) in [5.74, 6) is -1.17. The molecular formula is C10H9N3O4. The van der Waals surface area contributed by atoms with Gasteiger partial charge in [-0.2, -0.15) is 0 Å². The molecule has 0 aliphatic rings. The molecule has 2 rings (SSSR count). The lowest BCUT2D eigenvalue weighted by atomic mass is 10.3. The first kappa shape index (κ1) is 11.1. The molecule has 0 aliphatic carbocycles. The highest BCUT2D eigenvalue weighted by atomic mass is 16.4. The molecule has 0 saturated carbocycles. The number of nitrogens with zero attached hydrogens (tertiary/aromatic N) is 3. The lowest BCUT2D eigenvalue weighted by molar-refractivity contribution is -0.137. The highest BCUT2D eigenvalue weighted by Gasteiger charge is 2.13. The molecule has 0 atom stereocenters. The first-order valence-corrected chi connectivity index (χ1v) is 4.78. The van der Waals surface area contributed by atoms with Crippen molar-refractivity contribution in [1.82, 2.24) is 14.1 Å². The van der Waals surface area contributed by atoms with Gasteiger partial charge in [-0.3, -0.25) is 18.7 Å². The molecule has 0 radical (unpaired) electrons. The molecule has 17 heavy (non-hydrogen) atoms. The minimum Gasteiger partial charge on any atom is -0.480 e. The van der Waals surface area contributed by atoms with E-state index < -0.39 is 23.8 Å². The normalized spacial score (nSPS) is 10.6. The van der Waals surface area contributed by atoms with Gasteiger partial charge in [0.2, 0.25) is 0 Å². The third-order valence-electron chi connectivity index (χ3n) is 2.39. The van der Waals surface area contributed by atoms with E-state index in [9.17, 15) is 14.4 Å². The topological polar surface area (TPSA) is 94.2 Å².